The quantitative estimate of drug-likeness (QED) is 0.189. The Kier molecular flexibility index (Phi) is 11.0. The van der Waals surface area contributed by atoms with Crippen LogP contribution in [0, 0.1) is 0 Å². The van der Waals surface area contributed by atoms with Crippen molar-refractivity contribution in [2.24, 2.45) is 0 Å². The number of alkyl carbamates (subject to hydrolysis) is 1. The summed E-state index contributed by atoms with van der Waals surface area (Å²) >= 11 is 1.43. The van der Waals surface area contributed by atoms with E-state index in [0.717, 1.165) is 36.3 Å². The summed E-state index contributed by atoms with van der Waals surface area (Å²) in [5, 5.41) is 19.1. The fourth-order valence-corrected chi connectivity index (χ4v) is 7.77. The van der Waals surface area contributed by atoms with Crippen LogP contribution in [0.3, 0.4) is 0 Å². The highest BCUT2D eigenvalue weighted by Gasteiger charge is 2.30. The van der Waals surface area contributed by atoms with Crippen LogP contribution in [-0.2, 0) is 21.3 Å². The number of anilines is 1. The Hall–Kier alpha value is -3.52. The van der Waals surface area contributed by atoms with E-state index in [-0.39, 0.29) is 23.0 Å². The Morgan fingerprint density at radius 1 is 1.09 bits per heavy atom. The monoisotopic (exact) mass is 643 g/mol. The van der Waals surface area contributed by atoms with Crippen LogP contribution in [0.5, 0.6) is 0 Å². The van der Waals surface area contributed by atoms with Gasteiger partial charge >= 0.3 is 12.1 Å². The van der Waals surface area contributed by atoms with Crippen molar-refractivity contribution < 1.29 is 27.9 Å². The first-order valence-corrected chi connectivity index (χ1v) is 17.0. The zero-order valence-electron chi connectivity index (χ0n) is 25.4. The Morgan fingerprint density at radius 3 is 2.45 bits per heavy atom. The van der Waals surface area contributed by atoms with Gasteiger partial charge in [-0.25, -0.2) is 27.7 Å². The maximum absolute atomic E-state index is 13.6. The van der Waals surface area contributed by atoms with Crippen LogP contribution in [0.25, 0.3) is 10.4 Å². The zero-order valence-corrected chi connectivity index (χ0v) is 27.1. The van der Waals surface area contributed by atoms with Crippen LogP contribution < -0.4 is 20.7 Å². The number of aromatic nitrogens is 1. The number of aliphatic hydroxyl groups is 1. The van der Waals surface area contributed by atoms with E-state index in [4.69, 9.17) is 4.74 Å². The minimum atomic E-state index is -4.12. The van der Waals surface area contributed by atoms with Crippen LogP contribution >= 0.6 is 11.3 Å². The molecule has 1 aromatic heterocycles. The van der Waals surface area contributed by atoms with Gasteiger partial charge in [0.1, 0.15) is 0 Å². The molecule has 4 rings (SSSR count). The molecule has 44 heavy (non-hydrogen) atoms. The van der Waals surface area contributed by atoms with Crippen LogP contribution in [0.2, 0.25) is 0 Å². The maximum Gasteiger partial charge on any atom is 0.407 e. The summed E-state index contributed by atoms with van der Waals surface area (Å²) in [7, 11) is -4.12. The third-order valence-electron chi connectivity index (χ3n) is 7.16. The molecule has 2 aromatic carbocycles. The number of aliphatic hydroxyl groups excluding tert-OH is 1. The van der Waals surface area contributed by atoms with E-state index in [1.165, 1.54) is 17.4 Å². The lowest BCUT2D eigenvalue weighted by Crippen LogP contribution is -2.46. The summed E-state index contributed by atoms with van der Waals surface area (Å²) in [6.07, 6.45) is 4.34. The molecular formula is C31H41N5O6S2. The van der Waals surface area contributed by atoms with Gasteiger partial charge < -0.3 is 25.8 Å². The number of thiazole rings is 1. The van der Waals surface area contributed by atoms with Crippen LogP contribution in [0.15, 0.2) is 59.6 Å². The predicted molar refractivity (Wildman–Crippen MR) is 171 cm³/mol. The Morgan fingerprint density at radius 2 is 1.80 bits per heavy atom. The lowest BCUT2D eigenvalue weighted by molar-refractivity contribution is 0.109. The summed E-state index contributed by atoms with van der Waals surface area (Å²) in [5.41, 5.74) is 0.556. The van der Waals surface area contributed by atoms with Gasteiger partial charge in [-0.3, -0.25) is 0 Å². The number of amides is 3. The molecule has 0 radical (unpaired) electrons. The van der Waals surface area contributed by atoms with Crippen molar-refractivity contribution in [1.29, 1.82) is 0 Å². The molecule has 13 heteroatoms. The lowest BCUT2D eigenvalue weighted by atomic mass is 9.86. The highest BCUT2D eigenvalue weighted by Crippen LogP contribution is 2.40. The van der Waals surface area contributed by atoms with Gasteiger partial charge in [-0.1, -0.05) is 36.4 Å². The third kappa shape index (κ3) is 9.24. The van der Waals surface area contributed by atoms with E-state index in [2.05, 4.69) is 25.7 Å². The Balaban J connectivity index is 1.52. The number of sulfonamides is 1. The summed E-state index contributed by atoms with van der Waals surface area (Å²) in [4.78, 5) is 29.9. The molecule has 5 N–H and O–H groups in total. The van der Waals surface area contributed by atoms with Gasteiger partial charge in [0, 0.05) is 36.0 Å². The van der Waals surface area contributed by atoms with Crippen molar-refractivity contribution in [2.75, 3.05) is 11.9 Å². The van der Waals surface area contributed by atoms with Gasteiger partial charge in [0.2, 0.25) is 10.0 Å². The van der Waals surface area contributed by atoms with Crippen molar-refractivity contribution >= 4 is 39.2 Å². The van der Waals surface area contributed by atoms with Crippen molar-refractivity contribution in [3.63, 3.8) is 0 Å². The van der Waals surface area contributed by atoms with Crippen LogP contribution in [0.4, 0.5) is 15.3 Å². The molecule has 238 valence electrons. The van der Waals surface area contributed by atoms with Gasteiger partial charge in [-0.05, 0) is 71.1 Å². The molecule has 1 heterocycles. The number of nitrogens with zero attached hydrogens (tertiary/aromatic N) is 1. The molecule has 0 saturated heterocycles. The number of carbonyl (C=O) groups is 2. The number of nitrogens with one attached hydrogen (secondary N) is 4. The minimum absolute atomic E-state index is 0.0355. The molecule has 3 aromatic rings. The lowest BCUT2D eigenvalue weighted by Gasteiger charge is -2.28. The fourth-order valence-electron chi connectivity index (χ4n) is 4.93. The molecule has 1 aliphatic rings. The van der Waals surface area contributed by atoms with Gasteiger partial charge in [0.05, 0.1) is 33.0 Å². The number of ether oxygens (including phenoxy) is 1. The second-order valence-corrected chi connectivity index (χ2v) is 14.6. The smallest absolute Gasteiger partial charge is 0.407 e. The molecule has 1 saturated carbocycles. The van der Waals surface area contributed by atoms with Crippen molar-refractivity contribution in [1.82, 2.24) is 20.3 Å². The number of urea groups is 1. The van der Waals surface area contributed by atoms with Crippen LogP contribution in [-0.4, -0.2) is 54.9 Å². The number of rotatable bonds is 11. The number of benzene rings is 2. The summed E-state index contributed by atoms with van der Waals surface area (Å²) in [6.45, 7) is 6.70. The Labute approximate surface area is 262 Å². The van der Waals surface area contributed by atoms with Gasteiger partial charge in [-0.2, -0.15) is 0 Å². The molecule has 0 bridgehead atoms. The highest BCUT2D eigenvalue weighted by molar-refractivity contribution is 7.89. The van der Waals surface area contributed by atoms with Gasteiger partial charge in [-0.15, -0.1) is 11.3 Å². The van der Waals surface area contributed by atoms with E-state index in [9.17, 15) is 23.1 Å². The average molecular weight is 644 g/mol. The molecule has 1 fully saturated rings. The predicted octanol–water partition coefficient (Wildman–Crippen LogP) is 5.34. The van der Waals surface area contributed by atoms with Gasteiger partial charge in [0.25, 0.3) is 0 Å². The maximum atomic E-state index is 13.6. The first kappa shape index (κ1) is 33.4. The molecular weight excluding hydrogens is 603 g/mol. The molecule has 0 unspecified atom stereocenters. The van der Waals surface area contributed by atoms with E-state index in [1.807, 2.05) is 44.2 Å². The zero-order chi connectivity index (χ0) is 31.9. The number of carbonyl (C=O) groups excluding carboxylic acids is 2. The number of hydrogen-bond donors (Lipinski definition) is 5. The fraction of sp³-hybridized carbons (Fsp3) is 0.452. The van der Waals surface area contributed by atoms with Crippen LogP contribution in [0.1, 0.15) is 69.9 Å². The third-order valence-corrected chi connectivity index (χ3v) is 10.1. The standard InChI is InChI=1S/C31H41N5O6S2/c1-20(2)42-30(39)35-23-12-10-22(11-13-23)28-32-18-26(43-28)25-15-14-24(16-27(25)44(40,41)36-31(3,4)19-37)34-29(38)33-17-21-8-6-5-7-9-21/h5-9,14-16,18,20,22-23,36-37H,10-13,17,19H2,1-4H3,(H,35,39)(H2,33,34,38). The van der Waals surface area contributed by atoms with E-state index >= 15 is 0 Å². The molecule has 3 amide bonds. The van der Waals surface area contributed by atoms with E-state index in [1.54, 1.807) is 32.2 Å². The highest BCUT2D eigenvalue weighted by atomic mass is 32.2. The molecule has 0 spiro atoms. The summed E-state index contributed by atoms with van der Waals surface area (Å²) < 4.78 is 35.0. The van der Waals surface area contributed by atoms with E-state index in [0.29, 0.717) is 22.7 Å². The first-order chi connectivity index (χ1) is 20.8. The summed E-state index contributed by atoms with van der Waals surface area (Å²) in [6, 6.07) is 13.7. The molecule has 0 atom stereocenters. The average Bonchev–Trinajstić information content (AvgIpc) is 3.46. The normalized spacial score (nSPS) is 17.2. The van der Waals surface area contributed by atoms with Crippen molar-refractivity contribution in [2.45, 2.75) is 88.4 Å². The second kappa shape index (κ2) is 14.5. The SMILES string of the molecule is CC(C)OC(=O)NC1CCC(c2ncc(-c3ccc(NC(=O)NCc4ccccc4)cc3S(=O)(=O)NC(C)(C)CO)s2)CC1. The first-order valence-electron chi connectivity index (χ1n) is 14.7. The molecule has 1 aliphatic carbocycles. The second-order valence-electron chi connectivity index (χ2n) is 11.9. The van der Waals surface area contributed by atoms with E-state index < -0.39 is 34.3 Å². The Bertz CT molecular complexity index is 1530. The minimum Gasteiger partial charge on any atom is -0.447 e. The largest absolute Gasteiger partial charge is 0.447 e. The van der Waals surface area contributed by atoms with Crippen molar-refractivity contribution in [3.8, 4) is 10.4 Å². The van der Waals surface area contributed by atoms with Gasteiger partial charge in [0.15, 0.2) is 0 Å². The molecule has 0 aliphatic heterocycles. The molecule has 11 nitrogen and oxygen atoms in total. The summed E-state index contributed by atoms with van der Waals surface area (Å²) in [5.74, 6) is 0.189. The topological polar surface area (TPSA) is 159 Å². The van der Waals surface area contributed by atoms with Crippen molar-refractivity contribution in [3.05, 3.63) is 65.3 Å². The number of hydrogen-bond acceptors (Lipinski definition) is 8.